The van der Waals surface area contributed by atoms with Crippen molar-refractivity contribution in [2.45, 2.75) is 19.6 Å². The van der Waals surface area contributed by atoms with E-state index in [1.54, 1.807) is 6.07 Å². The standard InChI is InChI=1S/C21H18F3N3O/c1-14-5-2-3-6-15(14)12-26-20(28)19-10-9-18(13-25-19)27-17-8-4-7-16(11-17)21(22,23)24/h2-11,13,27H,12H2,1H3,(H,26,28). The highest BCUT2D eigenvalue weighted by molar-refractivity contribution is 5.92. The lowest BCUT2D eigenvalue weighted by atomic mass is 10.1. The Morgan fingerprint density at radius 1 is 1.00 bits per heavy atom. The highest BCUT2D eigenvalue weighted by atomic mass is 19.4. The second-order valence-electron chi connectivity index (χ2n) is 6.24. The average Bonchev–Trinajstić information content (AvgIpc) is 2.67. The Morgan fingerprint density at radius 2 is 1.79 bits per heavy atom. The van der Waals surface area contributed by atoms with E-state index in [9.17, 15) is 18.0 Å². The summed E-state index contributed by atoms with van der Waals surface area (Å²) in [6, 6.07) is 15.7. The van der Waals surface area contributed by atoms with Crippen LogP contribution in [0.15, 0.2) is 66.9 Å². The SMILES string of the molecule is Cc1ccccc1CNC(=O)c1ccc(Nc2cccc(C(F)(F)F)c2)cn1. The average molecular weight is 385 g/mol. The number of amides is 1. The molecule has 28 heavy (non-hydrogen) atoms. The van der Waals surface area contributed by atoms with Gasteiger partial charge in [0, 0.05) is 12.2 Å². The smallest absolute Gasteiger partial charge is 0.354 e. The van der Waals surface area contributed by atoms with Crippen LogP contribution in [-0.4, -0.2) is 10.9 Å². The summed E-state index contributed by atoms with van der Waals surface area (Å²) in [6.07, 6.45) is -3.00. The van der Waals surface area contributed by atoms with Gasteiger partial charge >= 0.3 is 6.18 Å². The Morgan fingerprint density at radius 3 is 2.46 bits per heavy atom. The number of hydrogen-bond acceptors (Lipinski definition) is 3. The number of hydrogen-bond donors (Lipinski definition) is 2. The third-order valence-corrected chi connectivity index (χ3v) is 4.18. The lowest BCUT2D eigenvalue weighted by Crippen LogP contribution is -2.24. The molecular formula is C21H18F3N3O. The normalized spacial score (nSPS) is 11.1. The molecule has 0 fully saturated rings. The Labute approximate surface area is 160 Å². The van der Waals surface area contributed by atoms with Crippen LogP contribution in [0.2, 0.25) is 0 Å². The number of carbonyl (C=O) groups is 1. The van der Waals surface area contributed by atoms with Crippen molar-refractivity contribution in [3.63, 3.8) is 0 Å². The number of benzene rings is 2. The molecule has 0 bridgehead atoms. The molecule has 144 valence electrons. The molecule has 0 atom stereocenters. The molecule has 0 aliphatic rings. The zero-order valence-corrected chi connectivity index (χ0v) is 15.0. The number of halogens is 3. The molecule has 0 unspecified atom stereocenters. The van der Waals surface area contributed by atoms with Gasteiger partial charge in [0.15, 0.2) is 0 Å². The van der Waals surface area contributed by atoms with Gasteiger partial charge in [-0.05, 0) is 48.4 Å². The third-order valence-electron chi connectivity index (χ3n) is 4.18. The molecule has 2 N–H and O–H groups in total. The highest BCUT2D eigenvalue weighted by Crippen LogP contribution is 2.31. The van der Waals surface area contributed by atoms with Crippen molar-refractivity contribution in [1.82, 2.24) is 10.3 Å². The van der Waals surface area contributed by atoms with Crippen LogP contribution in [0.25, 0.3) is 0 Å². The zero-order chi connectivity index (χ0) is 20.1. The summed E-state index contributed by atoms with van der Waals surface area (Å²) in [6.45, 7) is 2.35. The van der Waals surface area contributed by atoms with Crippen LogP contribution >= 0.6 is 0 Å². The first-order chi connectivity index (χ1) is 13.3. The van der Waals surface area contributed by atoms with E-state index in [4.69, 9.17) is 0 Å². The number of nitrogens with one attached hydrogen (secondary N) is 2. The first-order valence-electron chi connectivity index (χ1n) is 8.56. The van der Waals surface area contributed by atoms with Crippen molar-refractivity contribution in [2.24, 2.45) is 0 Å². The molecule has 0 spiro atoms. The van der Waals surface area contributed by atoms with Gasteiger partial charge in [-0.2, -0.15) is 13.2 Å². The highest BCUT2D eigenvalue weighted by Gasteiger charge is 2.30. The number of aryl methyl sites for hydroxylation is 1. The minimum atomic E-state index is -4.41. The van der Waals surface area contributed by atoms with Crippen molar-refractivity contribution < 1.29 is 18.0 Å². The van der Waals surface area contributed by atoms with E-state index in [1.165, 1.54) is 24.4 Å². The van der Waals surface area contributed by atoms with Crippen LogP contribution in [0.4, 0.5) is 24.5 Å². The van der Waals surface area contributed by atoms with Crippen LogP contribution in [0.1, 0.15) is 27.2 Å². The van der Waals surface area contributed by atoms with Gasteiger partial charge in [-0.15, -0.1) is 0 Å². The van der Waals surface area contributed by atoms with Crippen molar-refractivity contribution in [3.8, 4) is 0 Å². The summed E-state index contributed by atoms with van der Waals surface area (Å²) in [7, 11) is 0. The van der Waals surface area contributed by atoms with Crippen LogP contribution in [0.5, 0.6) is 0 Å². The van der Waals surface area contributed by atoms with Gasteiger partial charge in [-0.3, -0.25) is 4.79 Å². The second-order valence-corrected chi connectivity index (χ2v) is 6.24. The maximum Gasteiger partial charge on any atom is 0.416 e. The van der Waals surface area contributed by atoms with Gasteiger partial charge in [0.2, 0.25) is 0 Å². The second kappa shape index (κ2) is 8.12. The molecule has 0 saturated heterocycles. The van der Waals surface area contributed by atoms with Gasteiger partial charge in [-0.1, -0.05) is 30.3 Å². The molecule has 0 saturated carbocycles. The van der Waals surface area contributed by atoms with Crippen molar-refractivity contribution in [3.05, 3.63) is 89.2 Å². The van der Waals surface area contributed by atoms with Gasteiger partial charge in [0.25, 0.3) is 5.91 Å². The molecule has 3 rings (SSSR count). The van der Waals surface area contributed by atoms with Gasteiger partial charge in [0.05, 0.1) is 17.4 Å². The number of carbonyl (C=O) groups excluding carboxylic acids is 1. The zero-order valence-electron chi connectivity index (χ0n) is 15.0. The Hall–Kier alpha value is -3.35. The fourth-order valence-corrected chi connectivity index (χ4v) is 2.62. The molecule has 7 heteroatoms. The molecule has 1 heterocycles. The minimum Gasteiger partial charge on any atom is -0.354 e. The van der Waals surface area contributed by atoms with Crippen molar-refractivity contribution in [1.29, 1.82) is 0 Å². The molecule has 3 aromatic rings. The summed E-state index contributed by atoms with van der Waals surface area (Å²) in [4.78, 5) is 16.3. The van der Waals surface area contributed by atoms with Gasteiger partial charge in [0.1, 0.15) is 5.69 Å². The van der Waals surface area contributed by atoms with Crippen molar-refractivity contribution in [2.75, 3.05) is 5.32 Å². The predicted molar refractivity (Wildman–Crippen MR) is 101 cm³/mol. The van der Waals surface area contributed by atoms with Gasteiger partial charge in [-0.25, -0.2) is 4.98 Å². The molecular weight excluding hydrogens is 367 g/mol. The summed E-state index contributed by atoms with van der Waals surface area (Å²) in [5, 5.41) is 5.66. The molecule has 0 aliphatic carbocycles. The summed E-state index contributed by atoms with van der Waals surface area (Å²) in [5.41, 5.74) is 2.35. The fourth-order valence-electron chi connectivity index (χ4n) is 2.62. The van der Waals surface area contributed by atoms with E-state index in [0.717, 1.165) is 23.3 Å². The van der Waals surface area contributed by atoms with E-state index < -0.39 is 11.7 Å². The van der Waals surface area contributed by atoms with E-state index in [2.05, 4.69) is 15.6 Å². The molecule has 2 aromatic carbocycles. The number of aromatic nitrogens is 1. The molecule has 1 aromatic heterocycles. The Bertz CT molecular complexity index is 969. The summed E-state index contributed by atoms with van der Waals surface area (Å²) >= 11 is 0. The van der Waals surface area contributed by atoms with Crippen LogP contribution in [0, 0.1) is 6.92 Å². The first-order valence-corrected chi connectivity index (χ1v) is 8.56. The fraction of sp³-hybridized carbons (Fsp3) is 0.143. The van der Waals surface area contributed by atoms with Crippen LogP contribution in [0.3, 0.4) is 0 Å². The monoisotopic (exact) mass is 385 g/mol. The Kier molecular flexibility index (Phi) is 5.63. The van der Waals surface area contributed by atoms with E-state index >= 15 is 0 Å². The van der Waals surface area contributed by atoms with E-state index in [-0.39, 0.29) is 17.3 Å². The lowest BCUT2D eigenvalue weighted by Gasteiger charge is -2.11. The lowest BCUT2D eigenvalue weighted by molar-refractivity contribution is -0.137. The van der Waals surface area contributed by atoms with Crippen LogP contribution in [-0.2, 0) is 12.7 Å². The number of anilines is 2. The molecule has 0 radical (unpaired) electrons. The number of alkyl halides is 3. The van der Waals surface area contributed by atoms with Crippen molar-refractivity contribution >= 4 is 17.3 Å². The summed E-state index contributed by atoms with van der Waals surface area (Å²) in [5.74, 6) is -0.325. The maximum atomic E-state index is 12.8. The number of pyridine rings is 1. The maximum absolute atomic E-state index is 12.8. The largest absolute Gasteiger partial charge is 0.416 e. The molecule has 1 amide bonds. The minimum absolute atomic E-state index is 0.225. The van der Waals surface area contributed by atoms with E-state index in [1.807, 2.05) is 31.2 Å². The van der Waals surface area contributed by atoms with E-state index in [0.29, 0.717) is 12.2 Å². The molecule has 4 nitrogen and oxygen atoms in total. The number of nitrogens with zero attached hydrogens (tertiary/aromatic N) is 1. The third kappa shape index (κ3) is 4.88. The summed E-state index contributed by atoms with van der Waals surface area (Å²) < 4.78 is 38.4. The first kappa shape index (κ1) is 19.4. The Balaban J connectivity index is 1.63. The predicted octanol–water partition coefficient (Wildman–Crippen LogP) is 5.08. The topological polar surface area (TPSA) is 54.0 Å². The number of rotatable bonds is 5. The van der Waals surface area contributed by atoms with Gasteiger partial charge < -0.3 is 10.6 Å². The quantitative estimate of drug-likeness (QED) is 0.644. The van der Waals surface area contributed by atoms with Crippen LogP contribution < -0.4 is 10.6 Å². The molecule has 0 aliphatic heterocycles.